The first-order valence-electron chi connectivity index (χ1n) is 9.29. The number of urea groups is 1. The van der Waals surface area contributed by atoms with Crippen LogP contribution in [0, 0.1) is 12.8 Å². The van der Waals surface area contributed by atoms with Crippen molar-refractivity contribution in [1.82, 2.24) is 10.2 Å². The number of benzene rings is 1. The van der Waals surface area contributed by atoms with Crippen molar-refractivity contribution in [2.45, 2.75) is 58.0 Å². The van der Waals surface area contributed by atoms with Crippen molar-refractivity contribution >= 4 is 11.9 Å². The molecule has 142 valence electrons. The van der Waals surface area contributed by atoms with E-state index in [9.17, 15) is 9.59 Å². The molecule has 6 nitrogen and oxygen atoms in total. The number of methoxy groups -OCH3 is 2. The fourth-order valence-corrected chi connectivity index (χ4v) is 4.10. The number of rotatable bonds is 5. The number of imide groups is 1. The van der Waals surface area contributed by atoms with Crippen molar-refractivity contribution in [2.24, 2.45) is 5.92 Å². The molecule has 3 amide bonds. The Labute approximate surface area is 154 Å². The van der Waals surface area contributed by atoms with Crippen molar-refractivity contribution in [3.63, 3.8) is 0 Å². The standard InChI is InChI=1S/C20H28N2O4/c1-5-14-6-8-20(9-7-14)18(23)22(19(24)21-20)12-15-11-17(26-4)16(25-3)10-13(15)2/h10-11,14H,5-9,12H2,1-4H3,(H,21,24). The fraction of sp³-hybridized carbons (Fsp3) is 0.600. The molecule has 0 unspecified atom stereocenters. The second-order valence-electron chi connectivity index (χ2n) is 7.39. The highest BCUT2D eigenvalue weighted by Gasteiger charge is 2.52. The van der Waals surface area contributed by atoms with E-state index in [1.807, 2.05) is 19.1 Å². The second kappa shape index (κ2) is 7.17. The molecule has 1 heterocycles. The zero-order valence-electron chi connectivity index (χ0n) is 16.1. The highest BCUT2D eigenvalue weighted by Crippen LogP contribution is 2.38. The Hall–Kier alpha value is -2.24. The van der Waals surface area contributed by atoms with Crippen LogP contribution < -0.4 is 14.8 Å². The average Bonchev–Trinajstić information content (AvgIpc) is 2.87. The highest BCUT2D eigenvalue weighted by molar-refractivity contribution is 6.07. The Morgan fingerprint density at radius 2 is 1.77 bits per heavy atom. The van der Waals surface area contributed by atoms with E-state index in [2.05, 4.69) is 12.2 Å². The molecular weight excluding hydrogens is 332 g/mol. The van der Waals surface area contributed by atoms with E-state index < -0.39 is 5.54 Å². The molecule has 1 aliphatic heterocycles. The van der Waals surface area contributed by atoms with Gasteiger partial charge in [0, 0.05) is 0 Å². The van der Waals surface area contributed by atoms with Crippen LogP contribution in [-0.4, -0.2) is 36.6 Å². The van der Waals surface area contributed by atoms with E-state index in [4.69, 9.17) is 9.47 Å². The number of hydrogen-bond acceptors (Lipinski definition) is 4. The lowest BCUT2D eigenvalue weighted by Gasteiger charge is -2.34. The molecule has 26 heavy (non-hydrogen) atoms. The Kier molecular flexibility index (Phi) is 5.12. The minimum atomic E-state index is -0.701. The fourth-order valence-electron chi connectivity index (χ4n) is 4.10. The lowest BCUT2D eigenvalue weighted by atomic mass is 9.75. The number of carbonyl (C=O) groups excluding carboxylic acids is 2. The Balaban J connectivity index is 1.81. The minimum absolute atomic E-state index is 0.0914. The minimum Gasteiger partial charge on any atom is -0.493 e. The van der Waals surface area contributed by atoms with Gasteiger partial charge in [-0.2, -0.15) is 0 Å². The summed E-state index contributed by atoms with van der Waals surface area (Å²) in [5.41, 5.74) is 1.14. The van der Waals surface area contributed by atoms with Crippen LogP contribution in [-0.2, 0) is 11.3 Å². The molecule has 0 radical (unpaired) electrons. The molecule has 1 saturated carbocycles. The summed E-state index contributed by atoms with van der Waals surface area (Å²) in [6.07, 6.45) is 4.58. The molecule has 1 aromatic rings. The quantitative estimate of drug-likeness (QED) is 0.817. The molecule has 0 bridgehead atoms. The summed E-state index contributed by atoms with van der Waals surface area (Å²) >= 11 is 0. The first-order chi connectivity index (χ1) is 12.4. The number of aryl methyl sites for hydroxylation is 1. The van der Waals surface area contributed by atoms with E-state index in [0.29, 0.717) is 17.4 Å². The van der Waals surface area contributed by atoms with Crippen molar-refractivity contribution in [3.05, 3.63) is 23.3 Å². The zero-order chi connectivity index (χ0) is 18.9. The molecule has 1 saturated heterocycles. The van der Waals surface area contributed by atoms with Gasteiger partial charge in [0.25, 0.3) is 5.91 Å². The highest BCUT2D eigenvalue weighted by atomic mass is 16.5. The summed E-state index contributed by atoms with van der Waals surface area (Å²) in [5.74, 6) is 1.80. The van der Waals surface area contributed by atoms with Gasteiger partial charge >= 0.3 is 6.03 Å². The van der Waals surface area contributed by atoms with Gasteiger partial charge in [0.15, 0.2) is 11.5 Å². The predicted molar refractivity (Wildman–Crippen MR) is 98.3 cm³/mol. The van der Waals surface area contributed by atoms with Crippen molar-refractivity contribution < 1.29 is 19.1 Å². The molecule has 6 heteroatoms. The molecule has 1 spiro atoms. The van der Waals surface area contributed by atoms with Gasteiger partial charge < -0.3 is 14.8 Å². The third kappa shape index (κ3) is 3.13. The van der Waals surface area contributed by atoms with Gasteiger partial charge in [-0.1, -0.05) is 13.3 Å². The summed E-state index contributed by atoms with van der Waals surface area (Å²) in [4.78, 5) is 27.0. The summed E-state index contributed by atoms with van der Waals surface area (Å²) in [6, 6.07) is 3.42. The smallest absolute Gasteiger partial charge is 0.325 e. The van der Waals surface area contributed by atoms with Gasteiger partial charge in [0.1, 0.15) is 5.54 Å². The maximum Gasteiger partial charge on any atom is 0.325 e. The van der Waals surface area contributed by atoms with E-state index in [-0.39, 0.29) is 18.5 Å². The van der Waals surface area contributed by atoms with Crippen LogP contribution in [0.4, 0.5) is 4.79 Å². The summed E-state index contributed by atoms with van der Waals surface area (Å²) in [6.45, 7) is 4.37. The SMILES string of the molecule is CCC1CCC2(CC1)NC(=O)N(Cc1cc(OC)c(OC)cc1C)C2=O. The van der Waals surface area contributed by atoms with Gasteiger partial charge in [-0.05, 0) is 61.8 Å². The Morgan fingerprint density at radius 1 is 1.15 bits per heavy atom. The van der Waals surface area contributed by atoms with Crippen LogP contribution in [0.2, 0.25) is 0 Å². The molecule has 0 aromatic heterocycles. The molecule has 0 atom stereocenters. The van der Waals surface area contributed by atoms with Crippen molar-refractivity contribution in [2.75, 3.05) is 14.2 Å². The van der Waals surface area contributed by atoms with Gasteiger partial charge in [-0.15, -0.1) is 0 Å². The van der Waals surface area contributed by atoms with E-state index in [0.717, 1.165) is 43.2 Å². The van der Waals surface area contributed by atoms with Crippen LogP contribution in [0.5, 0.6) is 11.5 Å². The monoisotopic (exact) mass is 360 g/mol. The first kappa shape index (κ1) is 18.5. The summed E-state index contributed by atoms with van der Waals surface area (Å²) in [5, 5.41) is 2.99. The number of carbonyl (C=O) groups is 2. The first-order valence-corrected chi connectivity index (χ1v) is 9.29. The van der Waals surface area contributed by atoms with E-state index >= 15 is 0 Å². The van der Waals surface area contributed by atoms with Crippen LogP contribution in [0.3, 0.4) is 0 Å². The molecule has 1 aromatic carbocycles. The van der Waals surface area contributed by atoms with Crippen LogP contribution in [0.1, 0.15) is 50.2 Å². The topological polar surface area (TPSA) is 67.9 Å². The predicted octanol–water partition coefficient (Wildman–Crippen LogP) is 3.40. The molecular formula is C20H28N2O4. The molecule has 3 rings (SSSR count). The van der Waals surface area contributed by atoms with Crippen molar-refractivity contribution in [1.29, 1.82) is 0 Å². The van der Waals surface area contributed by atoms with Gasteiger partial charge in [0.2, 0.25) is 0 Å². The van der Waals surface area contributed by atoms with Crippen molar-refractivity contribution in [3.8, 4) is 11.5 Å². The Bertz CT molecular complexity index is 708. The lowest BCUT2D eigenvalue weighted by Crippen LogP contribution is -2.49. The van der Waals surface area contributed by atoms with Crippen LogP contribution in [0.25, 0.3) is 0 Å². The number of nitrogens with zero attached hydrogens (tertiary/aromatic N) is 1. The largest absolute Gasteiger partial charge is 0.493 e. The third-order valence-electron chi connectivity index (χ3n) is 5.95. The maximum absolute atomic E-state index is 13.1. The number of amides is 3. The molecule has 1 N–H and O–H groups in total. The van der Waals surface area contributed by atoms with Gasteiger partial charge in [-0.3, -0.25) is 9.69 Å². The third-order valence-corrected chi connectivity index (χ3v) is 5.95. The molecule has 2 aliphatic rings. The number of nitrogens with one attached hydrogen (secondary N) is 1. The van der Waals surface area contributed by atoms with E-state index in [1.165, 1.54) is 4.90 Å². The Morgan fingerprint density at radius 3 is 2.35 bits per heavy atom. The summed E-state index contributed by atoms with van der Waals surface area (Å²) in [7, 11) is 3.16. The summed E-state index contributed by atoms with van der Waals surface area (Å²) < 4.78 is 10.7. The second-order valence-corrected chi connectivity index (χ2v) is 7.39. The molecule has 1 aliphatic carbocycles. The lowest BCUT2D eigenvalue weighted by molar-refractivity contribution is -0.133. The average molecular weight is 360 g/mol. The van der Waals surface area contributed by atoms with Crippen LogP contribution >= 0.6 is 0 Å². The normalized spacial score (nSPS) is 25.5. The van der Waals surface area contributed by atoms with Gasteiger partial charge in [-0.25, -0.2) is 4.79 Å². The van der Waals surface area contributed by atoms with Crippen LogP contribution in [0.15, 0.2) is 12.1 Å². The van der Waals surface area contributed by atoms with E-state index in [1.54, 1.807) is 14.2 Å². The zero-order valence-corrected chi connectivity index (χ0v) is 16.1. The maximum atomic E-state index is 13.1. The number of ether oxygens (including phenoxy) is 2. The van der Waals surface area contributed by atoms with Gasteiger partial charge in [0.05, 0.1) is 20.8 Å². The number of hydrogen-bond donors (Lipinski definition) is 1. The molecule has 2 fully saturated rings.